The van der Waals surface area contributed by atoms with Gasteiger partial charge in [0.25, 0.3) is 0 Å². The molecule has 0 amide bonds. The second-order valence-electron chi connectivity index (χ2n) is 3.53. The maximum absolute atomic E-state index is 13.5. The molecule has 0 aliphatic rings. The Bertz CT molecular complexity index is 608. The number of hydrogen-bond acceptors (Lipinski definition) is 1. The van der Waals surface area contributed by atoms with Gasteiger partial charge in [-0.2, -0.15) is 0 Å². The van der Waals surface area contributed by atoms with E-state index >= 15 is 0 Å². The van der Waals surface area contributed by atoms with Gasteiger partial charge in [-0.05, 0) is 40.2 Å². The van der Waals surface area contributed by atoms with Crippen molar-refractivity contribution in [3.63, 3.8) is 0 Å². The third kappa shape index (κ3) is 2.31. The van der Waals surface area contributed by atoms with Crippen LogP contribution in [0.5, 0.6) is 0 Å². The monoisotopic (exact) mass is 330 g/mol. The highest BCUT2D eigenvalue weighted by atomic mass is 79.9. The minimum Gasteiger partial charge on any atom is -0.288 e. The van der Waals surface area contributed by atoms with E-state index in [1.807, 2.05) is 0 Å². The van der Waals surface area contributed by atoms with Crippen LogP contribution in [0.2, 0.25) is 5.02 Å². The average Bonchev–Trinajstić information content (AvgIpc) is 2.32. The summed E-state index contributed by atoms with van der Waals surface area (Å²) in [5.74, 6) is -2.59. The van der Waals surface area contributed by atoms with Gasteiger partial charge in [-0.15, -0.1) is 0 Å². The van der Waals surface area contributed by atoms with E-state index in [1.165, 1.54) is 12.1 Å². The molecule has 0 bridgehead atoms. The van der Waals surface area contributed by atoms with Gasteiger partial charge in [0.2, 0.25) is 0 Å². The van der Waals surface area contributed by atoms with E-state index in [-0.39, 0.29) is 10.6 Å². The van der Waals surface area contributed by atoms with Gasteiger partial charge in [0.05, 0.1) is 10.6 Å². The van der Waals surface area contributed by atoms with Crippen LogP contribution in [0, 0.1) is 11.6 Å². The molecule has 0 heterocycles. The van der Waals surface area contributed by atoms with Gasteiger partial charge in [0.15, 0.2) is 5.78 Å². The Hall–Kier alpha value is -1.26. The summed E-state index contributed by atoms with van der Waals surface area (Å²) < 4.78 is 27.5. The van der Waals surface area contributed by atoms with E-state index < -0.39 is 23.0 Å². The van der Waals surface area contributed by atoms with Crippen LogP contribution in [0.15, 0.2) is 40.9 Å². The zero-order chi connectivity index (χ0) is 13.3. The summed E-state index contributed by atoms with van der Waals surface area (Å²) in [7, 11) is 0. The van der Waals surface area contributed by atoms with Gasteiger partial charge in [0.1, 0.15) is 11.6 Å². The molecule has 0 aliphatic heterocycles. The van der Waals surface area contributed by atoms with E-state index in [9.17, 15) is 13.6 Å². The number of carbonyl (C=O) groups is 1. The Morgan fingerprint density at radius 1 is 1.06 bits per heavy atom. The zero-order valence-corrected chi connectivity index (χ0v) is 11.2. The fraction of sp³-hybridized carbons (Fsp3) is 0. The van der Waals surface area contributed by atoms with E-state index in [2.05, 4.69) is 15.9 Å². The summed E-state index contributed by atoms with van der Waals surface area (Å²) in [6.07, 6.45) is 0. The summed E-state index contributed by atoms with van der Waals surface area (Å²) >= 11 is 9.08. The van der Waals surface area contributed by atoms with Crippen molar-refractivity contribution in [1.29, 1.82) is 0 Å². The Kier molecular flexibility index (Phi) is 3.78. The highest BCUT2D eigenvalue weighted by Gasteiger charge is 2.21. The van der Waals surface area contributed by atoms with Crippen molar-refractivity contribution in [3.8, 4) is 0 Å². The second kappa shape index (κ2) is 5.16. The first kappa shape index (κ1) is 13.2. The first-order valence-corrected chi connectivity index (χ1v) is 6.12. The highest BCUT2D eigenvalue weighted by Crippen LogP contribution is 2.28. The van der Waals surface area contributed by atoms with Crippen molar-refractivity contribution in [2.75, 3.05) is 0 Å². The van der Waals surface area contributed by atoms with Gasteiger partial charge >= 0.3 is 0 Å². The highest BCUT2D eigenvalue weighted by molar-refractivity contribution is 9.10. The van der Waals surface area contributed by atoms with Gasteiger partial charge in [-0.1, -0.05) is 23.7 Å². The molecule has 0 aliphatic carbocycles. The molecule has 0 fully saturated rings. The maximum Gasteiger partial charge on any atom is 0.200 e. The lowest BCUT2D eigenvalue weighted by molar-refractivity contribution is 0.103. The lowest BCUT2D eigenvalue weighted by atomic mass is 10.0. The summed E-state index contributed by atoms with van der Waals surface area (Å²) in [6.45, 7) is 0. The van der Waals surface area contributed by atoms with Crippen molar-refractivity contribution >= 4 is 33.3 Å². The molecule has 0 radical (unpaired) electrons. The molecule has 0 N–H and O–H groups in total. The third-order valence-electron chi connectivity index (χ3n) is 2.39. The normalized spacial score (nSPS) is 10.4. The number of hydrogen-bond donors (Lipinski definition) is 0. The fourth-order valence-electron chi connectivity index (χ4n) is 1.53. The van der Waals surface area contributed by atoms with E-state index in [0.717, 1.165) is 12.1 Å². The van der Waals surface area contributed by atoms with Crippen LogP contribution in [0.4, 0.5) is 8.78 Å². The minimum absolute atomic E-state index is 0.0510. The van der Waals surface area contributed by atoms with Crippen LogP contribution in [0.25, 0.3) is 0 Å². The van der Waals surface area contributed by atoms with Crippen LogP contribution in [-0.2, 0) is 0 Å². The van der Waals surface area contributed by atoms with Crippen molar-refractivity contribution in [1.82, 2.24) is 0 Å². The summed E-state index contributed by atoms with van der Waals surface area (Å²) in [5.41, 5.74) is -0.549. The SMILES string of the molecule is O=C(c1cccc(Br)c1Cl)c1c(F)cccc1F. The molecule has 0 spiro atoms. The number of halogens is 4. The molecule has 0 aromatic heterocycles. The summed E-state index contributed by atoms with van der Waals surface area (Å²) in [5, 5.41) is 0.130. The Labute approximate surface area is 116 Å². The number of ketones is 1. The van der Waals surface area contributed by atoms with Gasteiger partial charge in [0, 0.05) is 10.0 Å². The molecular formula is C13H6BrClF2O. The minimum atomic E-state index is -0.906. The zero-order valence-electron chi connectivity index (χ0n) is 8.88. The van der Waals surface area contributed by atoms with Crippen molar-refractivity contribution in [2.45, 2.75) is 0 Å². The number of carbonyl (C=O) groups excluding carboxylic acids is 1. The topological polar surface area (TPSA) is 17.1 Å². The quantitative estimate of drug-likeness (QED) is 0.734. The molecule has 2 rings (SSSR count). The van der Waals surface area contributed by atoms with Gasteiger partial charge in [-0.3, -0.25) is 4.79 Å². The lowest BCUT2D eigenvalue weighted by Crippen LogP contribution is -2.08. The summed E-state index contributed by atoms with van der Waals surface area (Å²) in [4.78, 5) is 12.1. The Morgan fingerprint density at radius 2 is 1.61 bits per heavy atom. The van der Waals surface area contributed by atoms with Gasteiger partial charge < -0.3 is 0 Å². The van der Waals surface area contributed by atoms with Gasteiger partial charge in [-0.25, -0.2) is 8.78 Å². The van der Waals surface area contributed by atoms with Crippen LogP contribution in [0.3, 0.4) is 0 Å². The first-order chi connectivity index (χ1) is 8.52. The molecular weight excluding hydrogens is 325 g/mol. The average molecular weight is 332 g/mol. The third-order valence-corrected chi connectivity index (χ3v) is 3.68. The van der Waals surface area contributed by atoms with Crippen LogP contribution < -0.4 is 0 Å². The van der Waals surface area contributed by atoms with Crippen LogP contribution in [-0.4, -0.2) is 5.78 Å². The van der Waals surface area contributed by atoms with Crippen molar-refractivity contribution in [3.05, 3.63) is 68.7 Å². The predicted molar refractivity (Wildman–Crippen MR) is 68.9 cm³/mol. The molecule has 5 heteroatoms. The number of rotatable bonds is 2. The molecule has 2 aromatic rings. The molecule has 0 saturated heterocycles. The van der Waals surface area contributed by atoms with Crippen LogP contribution in [0.1, 0.15) is 15.9 Å². The summed E-state index contributed by atoms with van der Waals surface area (Å²) in [6, 6.07) is 7.88. The molecule has 18 heavy (non-hydrogen) atoms. The maximum atomic E-state index is 13.5. The Balaban J connectivity index is 2.59. The first-order valence-electron chi connectivity index (χ1n) is 4.95. The molecule has 0 unspecified atom stereocenters. The van der Waals surface area contributed by atoms with Crippen molar-refractivity contribution < 1.29 is 13.6 Å². The fourth-order valence-corrected chi connectivity index (χ4v) is 2.11. The number of benzene rings is 2. The molecule has 92 valence electrons. The predicted octanol–water partition coefficient (Wildman–Crippen LogP) is 4.61. The molecule has 0 atom stereocenters. The largest absolute Gasteiger partial charge is 0.288 e. The van der Waals surface area contributed by atoms with E-state index in [4.69, 9.17) is 11.6 Å². The molecule has 2 aromatic carbocycles. The van der Waals surface area contributed by atoms with Crippen LogP contribution >= 0.6 is 27.5 Å². The smallest absolute Gasteiger partial charge is 0.200 e. The Morgan fingerprint density at radius 3 is 2.22 bits per heavy atom. The second-order valence-corrected chi connectivity index (χ2v) is 4.76. The van der Waals surface area contributed by atoms with E-state index in [1.54, 1.807) is 12.1 Å². The standard InChI is InChI=1S/C13H6BrClF2O/c14-8-4-1-3-7(12(8)15)13(18)11-9(16)5-2-6-10(11)17/h1-6H. The molecule has 0 saturated carbocycles. The lowest BCUT2D eigenvalue weighted by Gasteiger charge is -2.07. The van der Waals surface area contributed by atoms with E-state index in [0.29, 0.717) is 4.47 Å². The van der Waals surface area contributed by atoms with Crippen molar-refractivity contribution in [2.24, 2.45) is 0 Å². The molecule has 1 nitrogen and oxygen atoms in total.